The Morgan fingerprint density at radius 3 is 2.15 bits per heavy atom. The molecule has 1 amide bonds. The summed E-state index contributed by atoms with van der Waals surface area (Å²) in [7, 11) is 1.37. The average molecular weight is 277 g/mol. The van der Waals surface area contributed by atoms with Crippen molar-refractivity contribution in [3.05, 3.63) is 35.9 Å². The summed E-state index contributed by atoms with van der Waals surface area (Å²) in [5, 5.41) is 2.96. The number of carbonyl (C=O) groups excluding carboxylic acids is 2. The Kier molecular flexibility index (Phi) is 4.93. The van der Waals surface area contributed by atoms with Crippen LogP contribution in [0.4, 0.5) is 0 Å². The van der Waals surface area contributed by atoms with Crippen LogP contribution in [0.25, 0.3) is 0 Å². The smallest absolute Gasteiger partial charge is 0.311 e. The molecule has 0 bridgehead atoms. The van der Waals surface area contributed by atoms with Gasteiger partial charge in [0.05, 0.1) is 12.5 Å². The molecule has 0 fully saturated rings. The number of rotatable bonds is 5. The highest BCUT2D eigenvalue weighted by molar-refractivity contribution is 5.94. The summed E-state index contributed by atoms with van der Waals surface area (Å²) in [6, 6.07) is 9.02. The zero-order valence-corrected chi connectivity index (χ0v) is 12.8. The third-order valence-electron chi connectivity index (χ3n) is 3.11. The zero-order valence-electron chi connectivity index (χ0n) is 12.8. The Bertz CT molecular complexity index is 478. The van der Waals surface area contributed by atoms with E-state index in [2.05, 4.69) is 5.32 Å². The van der Waals surface area contributed by atoms with E-state index in [0.29, 0.717) is 12.0 Å². The van der Waals surface area contributed by atoms with Crippen LogP contribution in [0, 0.1) is 5.41 Å². The van der Waals surface area contributed by atoms with E-state index in [1.165, 1.54) is 7.11 Å². The lowest BCUT2D eigenvalue weighted by Gasteiger charge is -2.33. The van der Waals surface area contributed by atoms with E-state index in [-0.39, 0.29) is 11.9 Å². The Balaban J connectivity index is 2.75. The summed E-state index contributed by atoms with van der Waals surface area (Å²) in [5.74, 6) is -0.421. The van der Waals surface area contributed by atoms with Crippen LogP contribution < -0.4 is 5.32 Å². The molecule has 0 saturated heterocycles. The van der Waals surface area contributed by atoms with Crippen LogP contribution in [0.1, 0.15) is 44.5 Å². The fourth-order valence-corrected chi connectivity index (χ4v) is 2.47. The molecule has 4 heteroatoms. The van der Waals surface area contributed by atoms with Gasteiger partial charge in [-0.15, -0.1) is 0 Å². The van der Waals surface area contributed by atoms with E-state index < -0.39 is 11.0 Å². The highest BCUT2D eigenvalue weighted by Crippen LogP contribution is 2.29. The SMILES string of the molecule is COC(=O)C(C)(C)CC(C)(C)NC(=O)c1ccccc1. The van der Waals surface area contributed by atoms with E-state index in [4.69, 9.17) is 4.74 Å². The van der Waals surface area contributed by atoms with Crippen molar-refractivity contribution < 1.29 is 14.3 Å². The van der Waals surface area contributed by atoms with Gasteiger partial charge >= 0.3 is 5.97 Å². The summed E-state index contributed by atoms with van der Waals surface area (Å²) < 4.78 is 4.80. The molecule has 1 N–H and O–H groups in total. The second-order valence-corrected chi connectivity index (χ2v) is 6.26. The maximum absolute atomic E-state index is 12.2. The Morgan fingerprint density at radius 1 is 1.10 bits per heavy atom. The van der Waals surface area contributed by atoms with Gasteiger partial charge in [-0.2, -0.15) is 0 Å². The molecule has 4 nitrogen and oxygen atoms in total. The predicted molar refractivity (Wildman–Crippen MR) is 78.4 cm³/mol. The van der Waals surface area contributed by atoms with Crippen LogP contribution in [0.2, 0.25) is 0 Å². The first-order valence-electron chi connectivity index (χ1n) is 6.64. The molecule has 1 rings (SSSR count). The molecule has 0 spiro atoms. The molecule has 0 unspecified atom stereocenters. The quantitative estimate of drug-likeness (QED) is 0.842. The molecular weight excluding hydrogens is 254 g/mol. The van der Waals surface area contributed by atoms with Crippen LogP contribution in [0.3, 0.4) is 0 Å². The summed E-state index contributed by atoms with van der Waals surface area (Å²) in [5.41, 5.74) is -0.552. The molecule has 0 saturated carbocycles. The largest absolute Gasteiger partial charge is 0.469 e. The number of hydrogen-bond acceptors (Lipinski definition) is 3. The molecule has 0 aliphatic carbocycles. The fourth-order valence-electron chi connectivity index (χ4n) is 2.47. The summed E-state index contributed by atoms with van der Waals surface area (Å²) in [6.07, 6.45) is 0.491. The number of amides is 1. The van der Waals surface area contributed by atoms with Gasteiger partial charge in [0.25, 0.3) is 5.91 Å². The lowest BCUT2D eigenvalue weighted by molar-refractivity contribution is -0.152. The maximum atomic E-state index is 12.2. The minimum absolute atomic E-state index is 0.142. The van der Waals surface area contributed by atoms with Crippen LogP contribution in [-0.2, 0) is 9.53 Å². The van der Waals surface area contributed by atoms with E-state index in [1.807, 2.05) is 45.9 Å². The van der Waals surface area contributed by atoms with Gasteiger partial charge in [0.1, 0.15) is 0 Å². The molecule has 0 radical (unpaired) electrons. The molecule has 0 aliphatic rings. The summed E-state index contributed by atoms with van der Waals surface area (Å²) in [4.78, 5) is 23.9. The first-order valence-corrected chi connectivity index (χ1v) is 6.64. The van der Waals surface area contributed by atoms with Crippen molar-refractivity contribution in [1.29, 1.82) is 0 Å². The second kappa shape index (κ2) is 6.07. The predicted octanol–water partition coefficient (Wildman–Crippen LogP) is 2.78. The van der Waals surface area contributed by atoms with Crippen LogP contribution in [-0.4, -0.2) is 24.5 Å². The van der Waals surface area contributed by atoms with Crippen molar-refractivity contribution >= 4 is 11.9 Å². The molecule has 20 heavy (non-hydrogen) atoms. The number of nitrogens with one attached hydrogen (secondary N) is 1. The molecule has 0 atom stereocenters. The third kappa shape index (κ3) is 4.37. The van der Waals surface area contributed by atoms with Crippen molar-refractivity contribution in [1.82, 2.24) is 5.32 Å². The van der Waals surface area contributed by atoms with Crippen molar-refractivity contribution in [2.75, 3.05) is 7.11 Å². The minimum atomic E-state index is -0.651. The first-order chi connectivity index (χ1) is 9.18. The number of methoxy groups -OCH3 is 1. The van der Waals surface area contributed by atoms with Gasteiger partial charge in [-0.05, 0) is 46.2 Å². The zero-order chi connectivity index (χ0) is 15.4. The summed E-state index contributed by atoms with van der Waals surface area (Å²) in [6.45, 7) is 7.43. The van der Waals surface area contributed by atoms with Gasteiger partial charge < -0.3 is 10.1 Å². The van der Waals surface area contributed by atoms with Crippen molar-refractivity contribution in [3.63, 3.8) is 0 Å². The second-order valence-electron chi connectivity index (χ2n) is 6.26. The van der Waals surface area contributed by atoms with Crippen LogP contribution in [0.15, 0.2) is 30.3 Å². The van der Waals surface area contributed by atoms with Gasteiger partial charge in [-0.1, -0.05) is 18.2 Å². The minimum Gasteiger partial charge on any atom is -0.469 e. The monoisotopic (exact) mass is 277 g/mol. The Morgan fingerprint density at radius 2 is 1.65 bits per heavy atom. The Labute approximate surface area is 120 Å². The highest BCUT2D eigenvalue weighted by Gasteiger charge is 2.36. The van der Waals surface area contributed by atoms with Gasteiger partial charge in [0.2, 0.25) is 0 Å². The molecule has 1 aromatic rings. The number of esters is 1. The fraction of sp³-hybridized carbons (Fsp3) is 0.500. The first kappa shape index (κ1) is 16.2. The molecular formula is C16H23NO3. The number of hydrogen-bond donors (Lipinski definition) is 1. The standard InChI is InChI=1S/C16H23NO3/c1-15(2,14(19)20-5)11-16(3,4)17-13(18)12-9-7-6-8-10-12/h6-10H,11H2,1-5H3,(H,17,18). The van der Waals surface area contributed by atoms with E-state index in [0.717, 1.165) is 0 Å². The van der Waals surface area contributed by atoms with Gasteiger partial charge in [0.15, 0.2) is 0 Å². The van der Waals surface area contributed by atoms with Gasteiger partial charge in [0, 0.05) is 11.1 Å². The molecule has 110 valence electrons. The lowest BCUT2D eigenvalue weighted by Crippen LogP contribution is -2.47. The van der Waals surface area contributed by atoms with E-state index in [9.17, 15) is 9.59 Å². The van der Waals surface area contributed by atoms with Crippen molar-refractivity contribution in [2.24, 2.45) is 5.41 Å². The van der Waals surface area contributed by atoms with Gasteiger partial charge in [-0.3, -0.25) is 9.59 Å². The van der Waals surface area contributed by atoms with Crippen LogP contribution >= 0.6 is 0 Å². The van der Waals surface area contributed by atoms with E-state index >= 15 is 0 Å². The molecule has 0 aliphatic heterocycles. The van der Waals surface area contributed by atoms with Crippen LogP contribution in [0.5, 0.6) is 0 Å². The number of benzene rings is 1. The molecule has 0 aromatic heterocycles. The highest BCUT2D eigenvalue weighted by atomic mass is 16.5. The summed E-state index contributed by atoms with van der Waals surface area (Å²) >= 11 is 0. The average Bonchev–Trinajstić information content (AvgIpc) is 2.36. The topological polar surface area (TPSA) is 55.4 Å². The molecule has 1 aromatic carbocycles. The normalized spacial score (nSPS) is 11.8. The van der Waals surface area contributed by atoms with E-state index in [1.54, 1.807) is 12.1 Å². The number of ether oxygens (including phenoxy) is 1. The van der Waals surface area contributed by atoms with Crippen molar-refractivity contribution in [2.45, 2.75) is 39.7 Å². The lowest BCUT2D eigenvalue weighted by atomic mass is 9.80. The Hall–Kier alpha value is -1.84. The maximum Gasteiger partial charge on any atom is 0.311 e. The number of carbonyl (C=O) groups is 2. The molecule has 0 heterocycles. The van der Waals surface area contributed by atoms with Crippen molar-refractivity contribution in [3.8, 4) is 0 Å². The third-order valence-corrected chi connectivity index (χ3v) is 3.11. The van der Waals surface area contributed by atoms with Gasteiger partial charge in [-0.25, -0.2) is 0 Å².